The smallest absolute Gasteiger partial charge is 0.243 e. The number of benzene rings is 1. The second kappa shape index (κ2) is 5.27. The summed E-state index contributed by atoms with van der Waals surface area (Å²) in [6.45, 7) is 0.978. The van der Waals surface area contributed by atoms with Gasteiger partial charge in [-0.1, -0.05) is 22.8 Å². The van der Waals surface area contributed by atoms with Crippen molar-refractivity contribution in [3.05, 3.63) is 46.3 Å². The molecule has 1 atom stereocenters. The van der Waals surface area contributed by atoms with Crippen LogP contribution in [-0.4, -0.2) is 16.7 Å². The van der Waals surface area contributed by atoms with Gasteiger partial charge in [0.2, 0.25) is 5.89 Å². The molecule has 0 amide bonds. The summed E-state index contributed by atoms with van der Waals surface area (Å²) in [4.78, 5) is 4.36. The molecule has 3 rings (SSSR count). The molecule has 2 aromatic rings. The molecule has 0 radical (unpaired) electrons. The van der Waals surface area contributed by atoms with Crippen LogP contribution in [0.4, 0.5) is 4.39 Å². The summed E-state index contributed by atoms with van der Waals surface area (Å²) >= 11 is 5.97. The first-order valence-electron chi connectivity index (χ1n) is 6.22. The molecule has 1 aliphatic heterocycles. The minimum absolute atomic E-state index is 0.157. The maximum absolute atomic E-state index is 13.0. The van der Waals surface area contributed by atoms with E-state index in [-0.39, 0.29) is 11.9 Å². The van der Waals surface area contributed by atoms with E-state index in [1.54, 1.807) is 6.07 Å². The summed E-state index contributed by atoms with van der Waals surface area (Å²) < 4.78 is 18.2. The molecule has 1 fully saturated rings. The zero-order valence-corrected chi connectivity index (χ0v) is 11.0. The molecule has 19 heavy (non-hydrogen) atoms. The second-order valence-corrected chi connectivity index (χ2v) is 5.02. The Morgan fingerprint density at radius 2 is 2.37 bits per heavy atom. The molecule has 0 bridgehead atoms. The van der Waals surface area contributed by atoms with Crippen LogP contribution in [0, 0.1) is 5.82 Å². The van der Waals surface area contributed by atoms with Gasteiger partial charge in [-0.3, -0.25) is 0 Å². The SMILES string of the molecule is Fc1ccc(Cc2noc([C@H]3CCCN3)n2)c(Cl)c1. The highest BCUT2D eigenvalue weighted by Crippen LogP contribution is 2.23. The van der Waals surface area contributed by atoms with E-state index < -0.39 is 0 Å². The van der Waals surface area contributed by atoms with Gasteiger partial charge >= 0.3 is 0 Å². The first-order chi connectivity index (χ1) is 9.22. The summed E-state index contributed by atoms with van der Waals surface area (Å²) in [5.74, 6) is 0.834. The van der Waals surface area contributed by atoms with E-state index in [2.05, 4.69) is 15.5 Å². The maximum atomic E-state index is 13.0. The predicted octanol–water partition coefficient (Wildman–Crippen LogP) is 2.88. The monoisotopic (exact) mass is 281 g/mol. The zero-order valence-electron chi connectivity index (χ0n) is 10.2. The number of halogens is 2. The van der Waals surface area contributed by atoms with Gasteiger partial charge in [-0.15, -0.1) is 0 Å². The number of hydrogen-bond donors (Lipinski definition) is 1. The third kappa shape index (κ3) is 2.77. The van der Waals surface area contributed by atoms with Crippen molar-refractivity contribution in [3.8, 4) is 0 Å². The van der Waals surface area contributed by atoms with Crippen molar-refractivity contribution < 1.29 is 8.91 Å². The lowest BCUT2D eigenvalue weighted by Gasteiger charge is -2.02. The fourth-order valence-electron chi connectivity index (χ4n) is 2.21. The van der Waals surface area contributed by atoms with Gasteiger partial charge in [0.25, 0.3) is 0 Å². The third-order valence-electron chi connectivity index (χ3n) is 3.21. The summed E-state index contributed by atoms with van der Waals surface area (Å²) in [6, 6.07) is 4.46. The Hall–Kier alpha value is -1.46. The molecule has 0 unspecified atom stereocenters. The number of nitrogens with one attached hydrogen (secondary N) is 1. The number of hydrogen-bond acceptors (Lipinski definition) is 4. The average Bonchev–Trinajstić information content (AvgIpc) is 3.03. The maximum Gasteiger partial charge on any atom is 0.243 e. The topological polar surface area (TPSA) is 51.0 Å². The van der Waals surface area contributed by atoms with Crippen LogP contribution in [0.2, 0.25) is 5.02 Å². The second-order valence-electron chi connectivity index (χ2n) is 4.61. The lowest BCUT2D eigenvalue weighted by atomic mass is 10.1. The highest BCUT2D eigenvalue weighted by Gasteiger charge is 2.22. The molecule has 1 aliphatic rings. The van der Waals surface area contributed by atoms with Gasteiger partial charge in [0.15, 0.2) is 5.82 Å². The van der Waals surface area contributed by atoms with E-state index in [0.29, 0.717) is 23.2 Å². The van der Waals surface area contributed by atoms with Gasteiger partial charge in [-0.05, 0) is 37.1 Å². The number of rotatable bonds is 3. The fraction of sp³-hybridized carbons (Fsp3) is 0.385. The summed E-state index contributed by atoms with van der Waals surface area (Å²) in [6.07, 6.45) is 2.57. The van der Waals surface area contributed by atoms with Crippen LogP contribution < -0.4 is 5.32 Å². The van der Waals surface area contributed by atoms with Gasteiger partial charge in [0, 0.05) is 11.4 Å². The third-order valence-corrected chi connectivity index (χ3v) is 3.56. The first-order valence-corrected chi connectivity index (χ1v) is 6.60. The van der Waals surface area contributed by atoms with E-state index in [9.17, 15) is 4.39 Å². The molecule has 0 aliphatic carbocycles. The molecule has 1 saturated heterocycles. The molecule has 1 N–H and O–H groups in total. The Morgan fingerprint density at radius 1 is 1.47 bits per heavy atom. The number of aromatic nitrogens is 2. The molecule has 2 heterocycles. The fourth-order valence-corrected chi connectivity index (χ4v) is 2.45. The van der Waals surface area contributed by atoms with Crippen molar-refractivity contribution in [2.45, 2.75) is 25.3 Å². The molecule has 1 aromatic carbocycles. The van der Waals surface area contributed by atoms with Crippen molar-refractivity contribution >= 4 is 11.6 Å². The summed E-state index contributed by atoms with van der Waals surface area (Å²) in [5.41, 5.74) is 0.787. The van der Waals surface area contributed by atoms with Crippen LogP contribution in [0.5, 0.6) is 0 Å². The predicted molar refractivity (Wildman–Crippen MR) is 68.5 cm³/mol. The standard InChI is InChI=1S/C13H13ClFN3O/c14-10-7-9(15)4-3-8(10)6-12-17-13(19-18-12)11-2-1-5-16-11/h3-4,7,11,16H,1-2,5-6H2/t11-/m1/s1. The first kappa shape index (κ1) is 12.6. The molecule has 6 heteroatoms. The highest BCUT2D eigenvalue weighted by molar-refractivity contribution is 6.31. The van der Waals surface area contributed by atoms with Gasteiger partial charge in [0.05, 0.1) is 6.04 Å². The summed E-state index contributed by atoms with van der Waals surface area (Å²) in [5, 5.41) is 7.62. The van der Waals surface area contributed by atoms with Gasteiger partial charge in [-0.25, -0.2) is 4.39 Å². The Balaban J connectivity index is 1.76. The lowest BCUT2D eigenvalue weighted by molar-refractivity contribution is 0.341. The van der Waals surface area contributed by atoms with E-state index in [4.69, 9.17) is 16.1 Å². The largest absolute Gasteiger partial charge is 0.338 e. The van der Waals surface area contributed by atoms with Crippen LogP contribution in [0.3, 0.4) is 0 Å². The average molecular weight is 282 g/mol. The summed E-state index contributed by atoms with van der Waals surface area (Å²) in [7, 11) is 0. The van der Waals surface area contributed by atoms with E-state index in [0.717, 1.165) is 24.9 Å². The molecular weight excluding hydrogens is 269 g/mol. The van der Waals surface area contributed by atoms with Crippen LogP contribution in [0.25, 0.3) is 0 Å². The van der Waals surface area contributed by atoms with E-state index in [1.165, 1.54) is 12.1 Å². The normalized spacial score (nSPS) is 18.9. The van der Waals surface area contributed by atoms with Gasteiger partial charge < -0.3 is 9.84 Å². The quantitative estimate of drug-likeness (QED) is 0.940. The van der Waals surface area contributed by atoms with E-state index in [1.807, 2.05) is 0 Å². The minimum atomic E-state index is -0.349. The molecule has 1 aromatic heterocycles. The van der Waals surface area contributed by atoms with Crippen molar-refractivity contribution in [1.29, 1.82) is 0 Å². The Labute approximate surface area is 115 Å². The Bertz CT molecular complexity index is 581. The van der Waals surface area contributed by atoms with Crippen molar-refractivity contribution in [2.75, 3.05) is 6.54 Å². The van der Waals surface area contributed by atoms with Crippen LogP contribution in [0.1, 0.15) is 36.2 Å². The zero-order chi connectivity index (χ0) is 13.2. The van der Waals surface area contributed by atoms with Crippen molar-refractivity contribution in [3.63, 3.8) is 0 Å². The van der Waals surface area contributed by atoms with Crippen LogP contribution in [-0.2, 0) is 6.42 Å². The van der Waals surface area contributed by atoms with E-state index >= 15 is 0 Å². The van der Waals surface area contributed by atoms with Crippen molar-refractivity contribution in [1.82, 2.24) is 15.5 Å². The van der Waals surface area contributed by atoms with Gasteiger partial charge in [-0.2, -0.15) is 4.98 Å². The minimum Gasteiger partial charge on any atom is -0.338 e. The molecule has 0 spiro atoms. The molecule has 0 saturated carbocycles. The molecule has 4 nitrogen and oxygen atoms in total. The lowest BCUT2D eigenvalue weighted by Crippen LogP contribution is -2.13. The number of nitrogens with zero attached hydrogens (tertiary/aromatic N) is 2. The van der Waals surface area contributed by atoms with Crippen molar-refractivity contribution in [2.24, 2.45) is 0 Å². The Kier molecular flexibility index (Phi) is 3.48. The highest BCUT2D eigenvalue weighted by atomic mass is 35.5. The van der Waals surface area contributed by atoms with Crippen LogP contribution in [0.15, 0.2) is 22.7 Å². The molecular formula is C13H13ClFN3O. The molecule has 100 valence electrons. The Morgan fingerprint density at radius 3 is 3.11 bits per heavy atom. The van der Waals surface area contributed by atoms with Gasteiger partial charge in [0.1, 0.15) is 5.82 Å². The van der Waals surface area contributed by atoms with Crippen LogP contribution >= 0.6 is 11.6 Å².